The van der Waals surface area contributed by atoms with Gasteiger partial charge in [-0.2, -0.15) is 0 Å². The SMILES string of the molecule is CCOC(=O)CCCCCCC1CCC(C)O1. The van der Waals surface area contributed by atoms with Crippen molar-refractivity contribution in [2.24, 2.45) is 0 Å². The molecule has 0 bridgehead atoms. The minimum absolute atomic E-state index is 0.0551. The molecule has 0 radical (unpaired) electrons. The smallest absolute Gasteiger partial charge is 0.305 e. The summed E-state index contributed by atoms with van der Waals surface area (Å²) in [6.07, 6.45) is 9.67. The molecule has 1 rings (SSSR count). The molecule has 0 aliphatic carbocycles. The lowest BCUT2D eigenvalue weighted by atomic mass is 10.1. The summed E-state index contributed by atoms with van der Waals surface area (Å²) in [4.78, 5) is 11.1. The number of esters is 1. The second-order valence-corrected chi connectivity index (χ2v) is 4.90. The van der Waals surface area contributed by atoms with E-state index >= 15 is 0 Å². The summed E-state index contributed by atoms with van der Waals surface area (Å²) < 4.78 is 10.6. The Morgan fingerprint density at radius 2 is 2.00 bits per heavy atom. The third-order valence-corrected chi connectivity index (χ3v) is 3.28. The van der Waals surface area contributed by atoms with Crippen LogP contribution in [0.5, 0.6) is 0 Å². The fraction of sp³-hybridized carbons (Fsp3) is 0.929. The zero-order valence-electron chi connectivity index (χ0n) is 11.2. The van der Waals surface area contributed by atoms with Crippen molar-refractivity contribution in [3.05, 3.63) is 0 Å². The Morgan fingerprint density at radius 3 is 2.65 bits per heavy atom. The largest absolute Gasteiger partial charge is 0.466 e. The molecule has 1 aliphatic heterocycles. The predicted octanol–water partition coefficient (Wildman–Crippen LogP) is 3.46. The molecule has 0 aromatic carbocycles. The zero-order chi connectivity index (χ0) is 12.5. The highest BCUT2D eigenvalue weighted by atomic mass is 16.5. The normalized spacial score (nSPS) is 23.9. The number of hydrogen-bond donors (Lipinski definition) is 0. The highest BCUT2D eigenvalue weighted by Gasteiger charge is 2.20. The number of ether oxygens (including phenoxy) is 2. The molecule has 1 aliphatic rings. The Morgan fingerprint density at radius 1 is 1.24 bits per heavy atom. The molecule has 3 nitrogen and oxygen atoms in total. The molecule has 2 atom stereocenters. The Balaban J connectivity index is 1.86. The Bertz CT molecular complexity index is 216. The van der Waals surface area contributed by atoms with Crippen LogP contribution in [0.4, 0.5) is 0 Å². The Hall–Kier alpha value is -0.570. The van der Waals surface area contributed by atoms with E-state index in [9.17, 15) is 4.79 Å². The third-order valence-electron chi connectivity index (χ3n) is 3.28. The van der Waals surface area contributed by atoms with Crippen molar-refractivity contribution in [3.8, 4) is 0 Å². The summed E-state index contributed by atoms with van der Waals surface area (Å²) in [5, 5.41) is 0. The summed E-state index contributed by atoms with van der Waals surface area (Å²) in [5.41, 5.74) is 0. The van der Waals surface area contributed by atoms with Crippen molar-refractivity contribution in [2.45, 2.75) is 77.4 Å². The molecule has 0 saturated carbocycles. The van der Waals surface area contributed by atoms with Crippen LogP contribution in [0.25, 0.3) is 0 Å². The number of carbonyl (C=O) groups excluding carboxylic acids is 1. The average Bonchev–Trinajstić information content (AvgIpc) is 2.70. The molecule has 17 heavy (non-hydrogen) atoms. The molecule has 0 amide bonds. The molecule has 0 spiro atoms. The second kappa shape index (κ2) is 8.51. The molecule has 1 fully saturated rings. The van der Waals surface area contributed by atoms with Crippen molar-refractivity contribution in [2.75, 3.05) is 6.61 Å². The summed E-state index contributed by atoms with van der Waals surface area (Å²) in [7, 11) is 0. The zero-order valence-corrected chi connectivity index (χ0v) is 11.2. The van der Waals surface area contributed by atoms with Gasteiger partial charge in [0.25, 0.3) is 0 Å². The molecule has 1 heterocycles. The summed E-state index contributed by atoms with van der Waals surface area (Å²) in [5.74, 6) is -0.0551. The van der Waals surface area contributed by atoms with Crippen LogP contribution in [0, 0.1) is 0 Å². The molecule has 1 saturated heterocycles. The van der Waals surface area contributed by atoms with Crippen LogP contribution in [0.2, 0.25) is 0 Å². The Labute approximate surface area is 105 Å². The number of carbonyl (C=O) groups is 1. The predicted molar refractivity (Wildman–Crippen MR) is 67.9 cm³/mol. The van der Waals surface area contributed by atoms with E-state index in [1.165, 1.54) is 32.1 Å². The van der Waals surface area contributed by atoms with Crippen molar-refractivity contribution < 1.29 is 14.3 Å². The van der Waals surface area contributed by atoms with Crippen LogP contribution in [-0.4, -0.2) is 24.8 Å². The number of unbranched alkanes of at least 4 members (excludes halogenated alkanes) is 3. The van der Waals surface area contributed by atoms with Crippen molar-refractivity contribution >= 4 is 5.97 Å². The maximum atomic E-state index is 11.1. The van der Waals surface area contributed by atoms with Gasteiger partial charge < -0.3 is 9.47 Å². The van der Waals surface area contributed by atoms with Gasteiger partial charge in [-0.05, 0) is 39.5 Å². The van der Waals surface area contributed by atoms with E-state index in [2.05, 4.69) is 6.92 Å². The van der Waals surface area contributed by atoms with Gasteiger partial charge in [-0.25, -0.2) is 0 Å². The Kier molecular flexibility index (Phi) is 7.25. The summed E-state index contributed by atoms with van der Waals surface area (Å²) in [6.45, 7) is 4.50. The van der Waals surface area contributed by atoms with Gasteiger partial charge in [0.05, 0.1) is 18.8 Å². The van der Waals surface area contributed by atoms with Crippen LogP contribution in [-0.2, 0) is 14.3 Å². The van der Waals surface area contributed by atoms with E-state index in [0.717, 1.165) is 12.8 Å². The summed E-state index contributed by atoms with van der Waals surface area (Å²) >= 11 is 0. The lowest BCUT2D eigenvalue weighted by molar-refractivity contribution is -0.143. The molecule has 3 heteroatoms. The van der Waals surface area contributed by atoms with Gasteiger partial charge in [-0.1, -0.05) is 19.3 Å². The van der Waals surface area contributed by atoms with Crippen LogP contribution >= 0.6 is 0 Å². The third kappa shape index (κ3) is 6.67. The minimum Gasteiger partial charge on any atom is -0.466 e. The quantitative estimate of drug-likeness (QED) is 0.483. The van der Waals surface area contributed by atoms with E-state index in [-0.39, 0.29) is 5.97 Å². The molecule has 2 unspecified atom stereocenters. The highest BCUT2D eigenvalue weighted by Crippen LogP contribution is 2.23. The average molecular weight is 242 g/mol. The van der Waals surface area contributed by atoms with Gasteiger partial charge in [-0.3, -0.25) is 4.79 Å². The van der Waals surface area contributed by atoms with Gasteiger partial charge in [-0.15, -0.1) is 0 Å². The molecule has 100 valence electrons. The monoisotopic (exact) mass is 242 g/mol. The molecular weight excluding hydrogens is 216 g/mol. The lowest BCUT2D eigenvalue weighted by Crippen LogP contribution is -2.07. The molecule has 0 N–H and O–H groups in total. The van der Waals surface area contributed by atoms with Gasteiger partial charge in [0.2, 0.25) is 0 Å². The van der Waals surface area contributed by atoms with Crippen LogP contribution in [0.3, 0.4) is 0 Å². The van der Waals surface area contributed by atoms with Gasteiger partial charge in [0, 0.05) is 6.42 Å². The standard InChI is InChI=1S/C14H26O3/c1-3-16-14(15)9-7-5-4-6-8-13-11-10-12(2)17-13/h12-13H,3-11H2,1-2H3. The maximum absolute atomic E-state index is 11.1. The first-order valence-corrected chi connectivity index (χ1v) is 7.03. The van der Waals surface area contributed by atoms with Crippen LogP contribution < -0.4 is 0 Å². The minimum atomic E-state index is -0.0551. The van der Waals surface area contributed by atoms with E-state index in [0.29, 0.717) is 25.2 Å². The summed E-state index contributed by atoms with van der Waals surface area (Å²) in [6, 6.07) is 0. The van der Waals surface area contributed by atoms with Crippen molar-refractivity contribution in [1.29, 1.82) is 0 Å². The van der Waals surface area contributed by atoms with Gasteiger partial charge >= 0.3 is 5.97 Å². The van der Waals surface area contributed by atoms with E-state index in [1.807, 2.05) is 6.92 Å². The topological polar surface area (TPSA) is 35.5 Å². The van der Waals surface area contributed by atoms with Gasteiger partial charge in [0.1, 0.15) is 0 Å². The van der Waals surface area contributed by atoms with Crippen LogP contribution in [0.15, 0.2) is 0 Å². The lowest BCUT2D eigenvalue weighted by Gasteiger charge is -2.10. The number of hydrogen-bond acceptors (Lipinski definition) is 3. The number of rotatable bonds is 8. The van der Waals surface area contributed by atoms with Crippen LogP contribution in [0.1, 0.15) is 65.2 Å². The van der Waals surface area contributed by atoms with E-state index in [1.54, 1.807) is 0 Å². The first kappa shape index (κ1) is 14.5. The van der Waals surface area contributed by atoms with Gasteiger partial charge in [0.15, 0.2) is 0 Å². The molecule has 0 aromatic heterocycles. The van der Waals surface area contributed by atoms with Crippen molar-refractivity contribution in [3.63, 3.8) is 0 Å². The highest BCUT2D eigenvalue weighted by molar-refractivity contribution is 5.69. The first-order valence-electron chi connectivity index (χ1n) is 7.03. The second-order valence-electron chi connectivity index (χ2n) is 4.90. The maximum Gasteiger partial charge on any atom is 0.305 e. The van der Waals surface area contributed by atoms with E-state index in [4.69, 9.17) is 9.47 Å². The molecule has 0 aromatic rings. The van der Waals surface area contributed by atoms with E-state index < -0.39 is 0 Å². The first-order chi connectivity index (χ1) is 8.22. The fourth-order valence-electron chi connectivity index (χ4n) is 2.33. The van der Waals surface area contributed by atoms with Crippen molar-refractivity contribution in [1.82, 2.24) is 0 Å². The fourth-order valence-corrected chi connectivity index (χ4v) is 2.33. The molecular formula is C14H26O3.